The highest BCUT2D eigenvalue weighted by Crippen LogP contribution is 2.09. The molecule has 0 saturated heterocycles. The van der Waals surface area contributed by atoms with Crippen molar-refractivity contribution in [1.29, 1.82) is 0 Å². The van der Waals surface area contributed by atoms with Gasteiger partial charge >= 0.3 is 0 Å². The minimum atomic E-state index is 0.136. The molecule has 13 heavy (non-hydrogen) atoms. The molecule has 1 heterocycles. The van der Waals surface area contributed by atoms with Crippen LogP contribution in [0.4, 0.5) is 0 Å². The summed E-state index contributed by atoms with van der Waals surface area (Å²) < 4.78 is 7.23. The number of halogens is 1. The Bertz CT molecular complexity index is 255. The minimum absolute atomic E-state index is 0.136. The van der Waals surface area contributed by atoms with Gasteiger partial charge in [-0.05, 0) is 32.4 Å². The van der Waals surface area contributed by atoms with Gasteiger partial charge in [-0.3, -0.25) is 4.57 Å². The van der Waals surface area contributed by atoms with Crippen LogP contribution in [0.2, 0.25) is 5.28 Å². The van der Waals surface area contributed by atoms with E-state index in [9.17, 15) is 0 Å². The predicted octanol–water partition coefficient (Wildman–Crippen LogP) is 1.66. The number of hydrogen-bond donors (Lipinski definition) is 0. The molecule has 1 aromatic rings. The van der Waals surface area contributed by atoms with E-state index in [1.807, 2.05) is 25.3 Å². The summed E-state index contributed by atoms with van der Waals surface area (Å²) in [6.45, 7) is 7.25. The smallest absolute Gasteiger partial charge is 0.225 e. The van der Waals surface area contributed by atoms with E-state index in [0.717, 1.165) is 5.82 Å². The van der Waals surface area contributed by atoms with Crippen molar-refractivity contribution in [2.24, 2.45) is 0 Å². The number of hydrogen-bond acceptors (Lipinski definition) is 3. The van der Waals surface area contributed by atoms with Gasteiger partial charge in [-0.2, -0.15) is 0 Å². The van der Waals surface area contributed by atoms with Gasteiger partial charge in [0, 0.05) is 6.61 Å². The zero-order valence-corrected chi connectivity index (χ0v) is 8.88. The Balaban J connectivity index is 2.62. The summed E-state index contributed by atoms with van der Waals surface area (Å²) in [6, 6.07) is 0. The molecule has 1 unspecified atom stereocenters. The van der Waals surface area contributed by atoms with E-state index in [-0.39, 0.29) is 6.10 Å². The Kier molecular flexibility index (Phi) is 3.69. The average molecular weight is 204 g/mol. The second-order valence-corrected chi connectivity index (χ2v) is 3.23. The van der Waals surface area contributed by atoms with Crippen LogP contribution in [0.25, 0.3) is 0 Å². The lowest BCUT2D eigenvalue weighted by Crippen LogP contribution is -2.17. The summed E-state index contributed by atoms with van der Waals surface area (Å²) in [6.07, 6.45) is 0.136. The van der Waals surface area contributed by atoms with Crippen molar-refractivity contribution in [3.8, 4) is 0 Å². The number of aromatic nitrogens is 3. The molecular weight excluding hydrogens is 190 g/mol. The monoisotopic (exact) mass is 203 g/mol. The van der Waals surface area contributed by atoms with Gasteiger partial charge in [0.15, 0.2) is 0 Å². The SMILES string of the molecule is CCOC(C)Cn1c(C)nnc1Cl. The lowest BCUT2D eigenvalue weighted by Gasteiger charge is -2.13. The summed E-state index contributed by atoms with van der Waals surface area (Å²) in [5.41, 5.74) is 0. The molecule has 74 valence electrons. The van der Waals surface area contributed by atoms with E-state index in [4.69, 9.17) is 16.3 Å². The predicted molar refractivity (Wildman–Crippen MR) is 50.9 cm³/mol. The van der Waals surface area contributed by atoms with Gasteiger partial charge in [0.25, 0.3) is 0 Å². The van der Waals surface area contributed by atoms with Gasteiger partial charge in [0.2, 0.25) is 5.28 Å². The molecule has 5 heteroatoms. The van der Waals surface area contributed by atoms with Crippen LogP contribution in [0.1, 0.15) is 19.7 Å². The Morgan fingerprint density at radius 3 is 2.69 bits per heavy atom. The average Bonchev–Trinajstić information content (AvgIpc) is 2.36. The van der Waals surface area contributed by atoms with Crippen molar-refractivity contribution in [3.05, 3.63) is 11.1 Å². The third kappa shape index (κ3) is 2.67. The Labute approximate surface area is 82.9 Å². The summed E-state index contributed by atoms with van der Waals surface area (Å²) in [7, 11) is 0. The fourth-order valence-electron chi connectivity index (χ4n) is 1.16. The molecule has 0 spiro atoms. The fraction of sp³-hybridized carbons (Fsp3) is 0.750. The van der Waals surface area contributed by atoms with Crippen LogP contribution in [0.5, 0.6) is 0 Å². The van der Waals surface area contributed by atoms with Gasteiger partial charge in [0.1, 0.15) is 5.82 Å². The number of aryl methyl sites for hydroxylation is 1. The molecule has 4 nitrogen and oxygen atoms in total. The van der Waals surface area contributed by atoms with E-state index >= 15 is 0 Å². The fourth-order valence-corrected chi connectivity index (χ4v) is 1.39. The molecule has 1 atom stereocenters. The van der Waals surface area contributed by atoms with Crippen LogP contribution < -0.4 is 0 Å². The molecular formula is C8H14ClN3O. The Morgan fingerprint density at radius 1 is 1.54 bits per heavy atom. The van der Waals surface area contributed by atoms with Gasteiger partial charge in [-0.1, -0.05) is 0 Å². The normalized spacial score (nSPS) is 13.2. The lowest BCUT2D eigenvalue weighted by molar-refractivity contribution is 0.0636. The standard InChI is InChI=1S/C8H14ClN3O/c1-4-13-6(2)5-12-7(3)10-11-8(12)9/h6H,4-5H2,1-3H3. The quantitative estimate of drug-likeness (QED) is 0.748. The molecule has 1 rings (SSSR count). The summed E-state index contributed by atoms with van der Waals surface area (Å²) in [4.78, 5) is 0. The van der Waals surface area contributed by atoms with Gasteiger partial charge < -0.3 is 4.74 Å². The third-order valence-electron chi connectivity index (χ3n) is 1.78. The summed E-state index contributed by atoms with van der Waals surface area (Å²) in [5, 5.41) is 8.03. The van der Waals surface area contributed by atoms with E-state index in [2.05, 4.69) is 10.2 Å². The molecule has 0 amide bonds. The zero-order chi connectivity index (χ0) is 9.84. The molecule has 1 aromatic heterocycles. The van der Waals surface area contributed by atoms with Gasteiger partial charge in [0.05, 0.1) is 12.6 Å². The van der Waals surface area contributed by atoms with Crippen molar-refractivity contribution in [3.63, 3.8) is 0 Å². The van der Waals surface area contributed by atoms with Crippen LogP contribution in [-0.2, 0) is 11.3 Å². The van der Waals surface area contributed by atoms with Crippen LogP contribution >= 0.6 is 11.6 Å². The van der Waals surface area contributed by atoms with Crippen molar-refractivity contribution >= 4 is 11.6 Å². The van der Waals surface area contributed by atoms with Crippen LogP contribution in [-0.4, -0.2) is 27.5 Å². The van der Waals surface area contributed by atoms with E-state index in [1.54, 1.807) is 0 Å². The van der Waals surface area contributed by atoms with Gasteiger partial charge in [-0.15, -0.1) is 10.2 Å². The van der Waals surface area contributed by atoms with E-state index in [0.29, 0.717) is 18.4 Å². The first-order valence-corrected chi connectivity index (χ1v) is 4.69. The third-order valence-corrected chi connectivity index (χ3v) is 2.06. The molecule has 0 aromatic carbocycles. The molecule has 0 radical (unpaired) electrons. The molecule has 0 fully saturated rings. The topological polar surface area (TPSA) is 39.9 Å². The molecule has 0 aliphatic rings. The molecule has 0 aliphatic carbocycles. The minimum Gasteiger partial charge on any atom is -0.377 e. The molecule has 0 saturated carbocycles. The zero-order valence-electron chi connectivity index (χ0n) is 8.12. The second kappa shape index (κ2) is 4.58. The summed E-state index contributed by atoms with van der Waals surface area (Å²) in [5.74, 6) is 0.816. The van der Waals surface area contributed by atoms with E-state index < -0.39 is 0 Å². The summed E-state index contributed by atoms with van der Waals surface area (Å²) >= 11 is 5.82. The second-order valence-electron chi connectivity index (χ2n) is 2.89. The molecule has 0 N–H and O–H groups in total. The molecule has 0 aliphatic heterocycles. The van der Waals surface area contributed by atoms with Crippen molar-refractivity contribution in [1.82, 2.24) is 14.8 Å². The van der Waals surface area contributed by atoms with Crippen LogP contribution in [0.3, 0.4) is 0 Å². The number of nitrogens with zero attached hydrogens (tertiary/aromatic N) is 3. The lowest BCUT2D eigenvalue weighted by atomic mass is 10.4. The van der Waals surface area contributed by atoms with E-state index in [1.165, 1.54) is 0 Å². The Morgan fingerprint density at radius 2 is 2.23 bits per heavy atom. The van der Waals surface area contributed by atoms with Crippen molar-refractivity contribution in [2.45, 2.75) is 33.4 Å². The highest BCUT2D eigenvalue weighted by atomic mass is 35.5. The van der Waals surface area contributed by atoms with Crippen molar-refractivity contribution in [2.75, 3.05) is 6.61 Å². The maximum atomic E-state index is 5.82. The highest BCUT2D eigenvalue weighted by molar-refractivity contribution is 6.28. The maximum Gasteiger partial charge on any atom is 0.225 e. The first kappa shape index (κ1) is 10.5. The largest absolute Gasteiger partial charge is 0.377 e. The van der Waals surface area contributed by atoms with Crippen LogP contribution in [0.15, 0.2) is 0 Å². The Hall–Kier alpha value is -0.610. The maximum absolute atomic E-state index is 5.82. The number of ether oxygens (including phenoxy) is 1. The number of rotatable bonds is 4. The first-order chi connectivity index (χ1) is 6.15. The highest BCUT2D eigenvalue weighted by Gasteiger charge is 2.09. The van der Waals surface area contributed by atoms with Crippen LogP contribution in [0, 0.1) is 6.92 Å². The molecule has 0 bridgehead atoms. The van der Waals surface area contributed by atoms with Gasteiger partial charge in [-0.25, -0.2) is 0 Å². The van der Waals surface area contributed by atoms with Crippen molar-refractivity contribution < 1.29 is 4.74 Å². The first-order valence-electron chi connectivity index (χ1n) is 4.32.